The van der Waals surface area contributed by atoms with E-state index in [1.807, 2.05) is 0 Å². The lowest BCUT2D eigenvalue weighted by Gasteiger charge is -2.28. The van der Waals surface area contributed by atoms with E-state index in [2.05, 4.69) is 0 Å². The van der Waals surface area contributed by atoms with Crippen molar-refractivity contribution in [3.63, 3.8) is 0 Å². The van der Waals surface area contributed by atoms with Crippen molar-refractivity contribution in [3.8, 4) is 0 Å². The number of amides is 1. The first-order valence-corrected chi connectivity index (χ1v) is 9.02. The van der Waals surface area contributed by atoms with Crippen molar-refractivity contribution in [2.24, 2.45) is 0 Å². The Morgan fingerprint density at radius 2 is 1.95 bits per heavy atom. The van der Waals surface area contributed by atoms with Crippen molar-refractivity contribution in [2.75, 3.05) is 18.6 Å². The van der Waals surface area contributed by atoms with Gasteiger partial charge in [0.05, 0.1) is 21.9 Å². The van der Waals surface area contributed by atoms with Gasteiger partial charge < -0.3 is 10.0 Å². The second kappa shape index (κ2) is 7.11. The van der Waals surface area contributed by atoms with Crippen molar-refractivity contribution >= 4 is 33.3 Å². The number of aromatic carboxylic acids is 1. The summed E-state index contributed by atoms with van der Waals surface area (Å²) in [5, 5.41) is 8.91. The first-order valence-electron chi connectivity index (χ1n) is 6.58. The van der Waals surface area contributed by atoms with Crippen LogP contribution in [0, 0.1) is 0 Å². The van der Waals surface area contributed by atoms with Crippen LogP contribution in [0.25, 0.3) is 0 Å². The van der Waals surface area contributed by atoms with Gasteiger partial charge >= 0.3 is 5.97 Å². The Morgan fingerprint density at radius 1 is 1.36 bits per heavy atom. The zero-order chi connectivity index (χ0) is 17.1. The number of rotatable bonds is 6. The molecule has 0 radical (unpaired) electrons. The molecule has 1 rings (SSSR count). The van der Waals surface area contributed by atoms with Gasteiger partial charge in [0.1, 0.15) is 9.84 Å². The summed E-state index contributed by atoms with van der Waals surface area (Å²) in [5.74, 6) is -1.73. The molecule has 0 aliphatic heterocycles. The lowest BCUT2D eigenvalue weighted by atomic mass is 10.1. The summed E-state index contributed by atoms with van der Waals surface area (Å²) in [6, 6.07) is 3.31. The molecule has 0 aromatic heterocycles. The van der Waals surface area contributed by atoms with Crippen LogP contribution in [-0.4, -0.2) is 54.9 Å². The lowest BCUT2D eigenvalue weighted by Crippen LogP contribution is -2.42. The molecule has 0 saturated carbocycles. The lowest BCUT2D eigenvalue weighted by molar-refractivity contribution is 0.0690. The van der Waals surface area contributed by atoms with Gasteiger partial charge in [-0.05, 0) is 32.0 Å². The number of hydrogen-bond acceptors (Lipinski definition) is 4. The predicted octanol–water partition coefficient (Wildman–Crippen LogP) is 1.93. The third kappa shape index (κ3) is 4.71. The Morgan fingerprint density at radius 3 is 2.36 bits per heavy atom. The molecule has 1 unspecified atom stereocenters. The maximum absolute atomic E-state index is 12.5. The normalized spacial score (nSPS) is 12.7. The molecular formula is C14H18ClNO5S. The van der Waals surface area contributed by atoms with Gasteiger partial charge in [0.2, 0.25) is 0 Å². The molecule has 1 N–H and O–H groups in total. The number of halogens is 1. The average molecular weight is 348 g/mol. The Kier molecular flexibility index (Phi) is 5.96. The molecule has 0 aliphatic carbocycles. The Balaban J connectivity index is 3.09. The van der Waals surface area contributed by atoms with E-state index in [9.17, 15) is 18.0 Å². The second-order valence-corrected chi connectivity index (χ2v) is 7.62. The fourth-order valence-electron chi connectivity index (χ4n) is 2.16. The van der Waals surface area contributed by atoms with E-state index in [0.29, 0.717) is 6.54 Å². The molecule has 1 amide bonds. The predicted molar refractivity (Wildman–Crippen MR) is 84.3 cm³/mol. The maximum Gasteiger partial charge on any atom is 0.335 e. The van der Waals surface area contributed by atoms with E-state index in [1.165, 1.54) is 23.1 Å². The van der Waals surface area contributed by atoms with E-state index >= 15 is 0 Å². The minimum absolute atomic E-state index is 0.0196. The van der Waals surface area contributed by atoms with Crippen LogP contribution in [0.4, 0.5) is 0 Å². The number of benzene rings is 1. The van der Waals surface area contributed by atoms with Crippen molar-refractivity contribution < 1.29 is 23.1 Å². The summed E-state index contributed by atoms with van der Waals surface area (Å²) in [6.07, 6.45) is 1.11. The van der Waals surface area contributed by atoms with Gasteiger partial charge in [-0.3, -0.25) is 4.79 Å². The van der Waals surface area contributed by atoms with E-state index in [0.717, 1.165) is 6.26 Å². The molecule has 1 aromatic carbocycles. The molecule has 1 aromatic rings. The van der Waals surface area contributed by atoms with Gasteiger partial charge in [0.25, 0.3) is 5.91 Å². The summed E-state index contributed by atoms with van der Waals surface area (Å²) >= 11 is 5.98. The molecule has 0 aliphatic rings. The van der Waals surface area contributed by atoms with E-state index < -0.39 is 27.8 Å². The molecule has 0 heterocycles. The van der Waals surface area contributed by atoms with Crippen LogP contribution in [0.2, 0.25) is 5.02 Å². The van der Waals surface area contributed by atoms with E-state index in [1.54, 1.807) is 13.8 Å². The number of nitrogens with zero attached hydrogens (tertiary/aromatic N) is 1. The van der Waals surface area contributed by atoms with Crippen molar-refractivity contribution in [1.29, 1.82) is 0 Å². The third-order valence-corrected chi connectivity index (χ3v) is 4.52. The molecule has 0 fully saturated rings. The van der Waals surface area contributed by atoms with Crippen molar-refractivity contribution in [1.82, 2.24) is 4.90 Å². The molecule has 8 heteroatoms. The third-order valence-electron chi connectivity index (χ3n) is 3.12. The average Bonchev–Trinajstić information content (AvgIpc) is 2.36. The Hall–Kier alpha value is -1.60. The fraction of sp³-hybridized carbons (Fsp3) is 0.429. The summed E-state index contributed by atoms with van der Waals surface area (Å²) in [6.45, 7) is 3.69. The van der Waals surface area contributed by atoms with Gasteiger partial charge in [0.15, 0.2) is 0 Å². The molecule has 6 nitrogen and oxygen atoms in total. The second-order valence-electron chi connectivity index (χ2n) is 5.03. The topological polar surface area (TPSA) is 91.8 Å². The van der Waals surface area contributed by atoms with Crippen LogP contribution in [0.1, 0.15) is 34.6 Å². The van der Waals surface area contributed by atoms with Gasteiger partial charge in [-0.25, -0.2) is 13.2 Å². The maximum atomic E-state index is 12.5. The van der Waals surface area contributed by atoms with Crippen LogP contribution in [-0.2, 0) is 9.84 Å². The largest absolute Gasteiger partial charge is 0.478 e. The number of carboxylic acids is 1. The summed E-state index contributed by atoms with van der Waals surface area (Å²) in [5.41, 5.74) is 0.127. The smallest absolute Gasteiger partial charge is 0.335 e. The molecule has 22 heavy (non-hydrogen) atoms. The standard InChI is InChI=1S/C14H18ClNO5S/c1-4-16(9(2)8-22(3,20)21)13(17)11-6-5-10(14(18)19)7-12(11)15/h5-7,9H,4,8H2,1-3H3,(H,18,19). The minimum Gasteiger partial charge on any atom is -0.478 e. The highest BCUT2D eigenvalue weighted by molar-refractivity contribution is 7.90. The molecule has 0 spiro atoms. The van der Waals surface area contributed by atoms with Crippen LogP contribution in [0.5, 0.6) is 0 Å². The molecule has 0 bridgehead atoms. The highest BCUT2D eigenvalue weighted by Crippen LogP contribution is 2.21. The minimum atomic E-state index is -3.23. The van der Waals surface area contributed by atoms with E-state index in [4.69, 9.17) is 16.7 Å². The first-order chi connectivity index (χ1) is 10.1. The molecule has 0 saturated heterocycles. The SMILES string of the molecule is CCN(C(=O)c1ccc(C(=O)O)cc1Cl)C(C)CS(C)(=O)=O. The zero-order valence-corrected chi connectivity index (χ0v) is 14.1. The summed E-state index contributed by atoms with van der Waals surface area (Å²) < 4.78 is 22.8. The molecular weight excluding hydrogens is 330 g/mol. The quantitative estimate of drug-likeness (QED) is 0.849. The summed E-state index contributed by atoms with van der Waals surface area (Å²) in [7, 11) is -3.23. The van der Waals surface area contributed by atoms with Gasteiger partial charge in [-0.2, -0.15) is 0 Å². The number of carboxylic acid groups (broad SMARTS) is 1. The number of hydrogen-bond donors (Lipinski definition) is 1. The van der Waals surface area contributed by atoms with Gasteiger partial charge in [-0.15, -0.1) is 0 Å². The van der Waals surface area contributed by atoms with Gasteiger partial charge in [-0.1, -0.05) is 11.6 Å². The first kappa shape index (κ1) is 18.4. The number of carbonyl (C=O) groups is 2. The van der Waals surface area contributed by atoms with Crippen LogP contribution >= 0.6 is 11.6 Å². The van der Waals surface area contributed by atoms with Crippen LogP contribution in [0.3, 0.4) is 0 Å². The highest BCUT2D eigenvalue weighted by atomic mass is 35.5. The zero-order valence-electron chi connectivity index (χ0n) is 12.5. The molecule has 122 valence electrons. The van der Waals surface area contributed by atoms with Crippen molar-refractivity contribution in [2.45, 2.75) is 19.9 Å². The van der Waals surface area contributed by atoms with Crippen molar-refractivity contribution in [3.05, 3.63) is 34.3 Å². The van der Waals surface area contributed by atoms with Crippen LogP contribution in [0.15, 0.2) is 18.2 Å². The Bertz CT molecular complexity index is 686. The van der Waals surface area contributed by atoms with E-state index in [-0.39, 0.29) is 21.9 Å². The van der Waals surface area contributed by atoms with Gasteiger partial charge in [0, 0.05) is 18.8 Å². The van der Waals surface area contributed by atoms with Crippen LogP contribution < -0.4 is 0 Å². The Labute approximate surface area is 134 Å². The number of sulfone groups is 1. The summed E-state index contributed by atoms with van der Waals surface area (Å²) in [4.78, 5) is 24.8. The highest BCUT2D eigenvalue weighted by Gasteiger charge is 2.24. The molecule has 1 atom stereocenters. The fourth-order valence-corrected chi connectivity index (χ4v) is 3.48. The monoisotopic (exact) mass is 347 g/mol. The number of carbonyl (C=O) groups excluding carboxylic acids is 1.